The number of ether oxygens (including phenoxy) is 1. The predicted molar refractivity (Wildman–Crippen MR) is 61.5 cm³/mol. The molecular weight excluding hydrogens is 318 g/mol. The van der Waals surface area contributed by atoms with Gasteiger partial charge in [-0.3, -0.25) is 0 Å². The summed E-state index contributed by atoms with van der Waals surface area (Å²) in [7, 11) is 0. The molecule has 1 rings (SSSR count). The molecule has 0 aliphatic carbocycles. The summed E-state index contributed by atoms with van der Waals surface area (Å²) in [5, 5.41) is 0. The van der Waals surface area contributed by atoms with Gasteiger partial charge in [-0.2, -0.15) is 13.2 Å². The first-order chi connectivity index (χ1) is 8.36. The lowest BCUT2D eigenvalue weighted by molar-refractivity contribution is -0.275. The van der Waals surface area contributed by atoms with E-state index in [1.54, 1.807) is 0 Å². The molecule has 0 aliphatic heterocycles. The fourth-order valence-corrected chi connectivity index (χ4v) is 1.87. The molecule has 0 fully saturated rings. The second-order valence-corrected chi connectivity index (χ2v) is 4.17. The van der Waals surface area contributed by atoms with Crippen molar-refractivity contribution in [2.75, 3.05) is 11.5 Å². The first-order valence-electron chi connectivity index (χ1n) is 4.32. The number of anilines is 2. The van der Waals surface area contributed by atoms with Gasteiger partial charge in [-0.1, -0.05) is 0 Å². The number of halogens is 6. The fraction of sp³-hybridized carbons (Fsp3) is 0.250. The molecule has 0 saturated carbocycles. The van der Waals surface area contributed by atoms with Gasteiger partial charge in [0.05, 0.1) is 21.8 Å². The van der Waals surface area contributed by atoms with Crippen LogP contribution in [0.3, 0.4) is 0 Å². The molecule has 11 heteroatoms. The molecule has 19 heavy (non-hydrogen) atoms. The Morgan fingerprint density at radius 3 is 1.68 bits per heavy atom. The smallest absolute Gasteiger partial charge is 0.402 e. The van der Waals surface area contributed by atoms with Crippen LogP contribution in [0.5, 0.6) is 5.75 Å². The van der Waals surface area contributed by atoms with Gasteiger partial charge in [0, 0.05) is 4.90 Å². The molecule has 0 saturated heterocycles. The van der Waals surface area contributed by atoms with Crippen LogP contribution in [0.25, 0.3) is 0 Å². The Morgan fingerprint density at radius 2 is 1.32 bits per heavy atom. The van der Waals surface area contributed by atoms with Crippen molar-refractivity contribution in [3.8, 4) is 5.75 Å². The third-order valence-corrected chi connectivity index (χ3v) is 2.89. The standard InChI is InChI=1S/C8H6F6N2OS2/c9-7(10,11)1-2(15)6(19)4(3(16)5(1)18)17-8(12,13)14/h18-19H,15-16H2. The van der Waals surface area contributed by atoms with Gasteiger partial charge in [0.15, 0.2) is 5.75 Å². The maximum absolute atomic E-state index is 12.7. The first-order valence-corrected chi connectivity index (χ1v) is 5.21. The highest BCUT2D eigenvalue weighted by Crippen LogP contribution is 2.49. The molecule has 0 unspecified atom stereocenters. The Labute approximate surface area is 113 Å². The zero-order valence-corrected chi connectivity index (χ0v) is 10.5. The number of hydrogen-bond acceptors (Lipinski definition) is 5. The maximum Gasteiger partial charge on any atom is 0.573 e. The summed E-state index contributed by atoms with van der Waals surface area (Å²) in [4.78, 5) is -1.82. The summed E-state index contributed by atoms with van der Waals surface area (Å²) in [6.45, 7) is 0. The van der Waals surface area contributed by atoms with Gasteiger partial charge < -0.3 is 16.2 Å². The van der Waals surface area contributed by atoms with Crippen LogP contribution < -0.4 is 16.2 Å². The van der Waals surface area contributed by atoms with Gasteiger partial charge in [0.2, 0.25) is 0 Å². The molecule has 0 aromatic heterocycles. The molecule has 0 amide bonds. The van der Waals surface area contributed by atoms with Crippen molar-refractivity contribution in [3.63, 3.8) is 0 Å². The molecule has 0 radical (unpaired) electrons. The van der Waals surface area contributed by atoms with E-state index in [1.165, 1.54) is 0 Å². The maximum atomic E-state index is 12.7. The Kier molecular flexibility index (Phi) is 4.01. The van der Waals surface area contributed by atoms with Crippen LogP contribution in [0.15, 0.2) is 9.79 Å². The normalized spacial score (nSPS) is 12.6. The highest BCUT2D eigenvalue weighted by molar-refractivity contribution is 7.81. The van der Waals surface area contributed by atoms with Crippen molar-refractivity contribution in [2.45, 2.75) is 22.3 Å². The first kappa shape index (κ1) is 16.0. The second-order valence-electron chi connectivity index (χ2n) is 3.27. The molecule has 0 aliphatic rings. The molecule has 0 bridgehead atoms. The lowest BCUT2D eigenvalue weighted by Crippen LogP contribution is -2.20. The summed E-state index contributed by atoms with van der Waals surface area (Å²) in [6.07, 6.45) is -10.1. The van der Waals surface area contributed by atoms with Crippen LogP contribution >= 0.6 is 25.3 Å². The van der Waals surface area contributed by atoms with E-state index in [4.69, 9.17) is 11.5 Å². The van der Waals surface area contributed by atoms with E-state index >= 15 is 0 Å². The van der Waals surface area contributed by atoms with E-state index in [-0.39, 0.29) is 0 Å². The molecule has 1 aromatic carbocycles. The number of rotatable bonds is 1. The topological polar surface area (TPSA) is 61.3 Å². The van der Waals surface area contributed by atoms with Crippen LogP contribution in [0.1, 0.15) is 5.56 Å². The van der Waals surface area contributed by atoms with Crippen molar-refractivity contribution in [3.05, 3.63) is 5.56 Å². The highest BCUT2D eigenvalue weighted by Gasteiger charge is 2.40. The van der Waals surface area contributed by atoms with Gasteiger partial charge in [-0.05, 0) is 0 Å². The average molecular weight is 324 g/mol. The van der Waals surface area contributed by atoms with Gasteiger partial charge in [-0.25, -0.2) is 0 Å². The Morgan fingerprint density at radius 1 is 0.842 bits per heavy atom. The largest absolute Gasteiger partial charge is 0.573 e. The summed E-state index contributed by atoms with van der Waals surface area (Å²) in [5.74, 6) is -1.12. The summed E-state index contributed by atoms with van der Waals surface area (Å²) < 4.78 is 77.8. The Hall–Kier alpha value is -1.10. The van der Waals surface area contributed by atoms with Crippen LogP contribution in [-0.2, 0) is 6.18 Å². The molecular formula is C8H6F6N2OS2. The van der Waals surface area contributed by atoms with Crippen molar-refractivity contribution < 1.29 is 31.1 Å². The minimum Gasteiger partial charge on any atom is -0.402 e. The van der Waals surface area contributed by atoms with Crippen molar-refractivity contribution >= 4 is 36.6 Å². The summed E-state index contributed by atoms with van der Waals surface area (Å²) >= 11 is 6.91. The quantitative estimate of drug-likeness (QED) is 0.364. The van der Waals surface area contributed by atoms with E-state index in [2.05, 4.69) is 30.0 Å². The monoisotopic (exact) mass is 324 g/mol. The van der Waals surface area contributed by atoms with Crippen LogP contribution in [0, 0.1) is 0 Å². The highest BCUT2D eigenvalue weighted by atomic mass is 32.1. The molecule has 0 heterocycles. The van der Waals surface area contributed by atoms with E-state index in [0.29, 0.717) is 0 Å². The minimum atomic E-state index is -5.15. The Balaban J connectivity index is 3.57. The second kappa shape index (κ2) is 4.78. The molecule has 0 atom stereocenters. The number of hydrogen-bond donors (Lipinski definition) is 4. The van der Waals surface area contributed by atoms with Crippen LogP contribution in [0.4, 0.5) is 37.7 Å². The summed E-state index contributed by atoms with van der Waals surface area (Å²) in [6, 6.07) is 0. The number of thiol groups is 2. The van der Waals surface area contributed by atoms with E-state index in [1.807, 2.05) is 0 Å². The molecule has 0 spiro atoms. The zero-order chi connectivity index (χ0) is 15.2. The number of benzene rings is 1. The van der Waals surface area contributed by atoms with Gasteiger partial charge in [0.25, 0.3) is 0 Å². The van der Waals surface area contributed by atoms with Crippen molar-refractivity contribution in [2.24, 2.45) is 0 Å². The molecule has 3 nitrogen and oxygen atoms in total. The lowest BCUT2D eigenvalue weighted by Gasteiger charge is -2.20. The third-order valence-electron chi connectivity index (χ3n) is 1.98. The van der Waals surface area contributed by atoms with Crippen molar-refractivity contribution in [1.29, 1.82) is 0 Å². The predicted octanol–water partition coefficient (Wildman–Crippen LogP) is 3.35. The van der Waals surface area contributed by atoms with E-state index in [0.717, 1.165) is 0 Å². The molecule has 1 aromatic rings. The molecule has 108 valence electrons. The van der Waals surface area contributed by atoms with Gasteiger partial charge >= 0.3 is 12.5 Å². The lowest BCUT2D eigenvalue weighted by atomic mass is 10.1. The number of alkyl halides is 6. The van der Waals surface area contributed by atoms with Gasteiger partial charge in [0.1, 0.15) is 0 Å². The van der Waals surface area contributed by atoms with E-state index < -0.39 is 45.0 Å². The third kappa shape index (κ3) is 3.26. The zero-order valence-electron chi connectivity index (χ0n) is 8.73. The fourth-order valence-electron chi connectivity index (χ4n) is 1.24. The van der Waals surface area contributed by atoms with Crippen molar-refractivity contribution in [1.82, 2.24) is 0 Å². The molecule has 4 N–H and O–H groups in total. The van der Waals surface area contributed by atoms with E-state index in [9.17, 15) is 26.3 Å². The SMILES string of the molecule is Nc1c(S)c(C(F)(F)F)c(N)c(S)c1OC(F)(F)F. The minimum absolute atomic E-state index is 0.861. The Bertz CT molecular complexity index is 484. The van der Waals surface area contributed by atoms with Crippen LogP contribution in [-0.4, -0.2) is 6.36 Å². The summed E-state index contributed by atoms with van der Waals surface area (Å²) in [5.41, 5.74) is 6.80. The average Bonchev–Trinajstić information content (AvgIpc) is 2.18. The number of nitrogen functional groups attached to an aromatic ring is 2. The number of nitrogens with two attached hydrogens (primary N) is 2. The van der Waals surface area contributed by atoms with Crippen LogP contribution in [0.2, 0.25) is 0 Å². The van der Waals surface area contributed by atoms with Gasteiger partial charge in [-0.15, -0.1) is 38.4 Å².